The predicted molar refractivity (Wildman–Crippen MR) is 94.4 cm³/mol. The molecule has 0 radical (unpaired) electrons. The highest BCUT2D eigenvalue weighted by Gasteiger charge is 2.29. The van der Waals surface area contributed by atoms with E-state index in [2.05, 4.69) is 26.5 Å². The first-order chi connectivity index (χ1) is 12.7. The summed E-state index contributed by atoms with van der Waals surface area (Å²) >= 11 is 0. The molecule has 0 aliphatic heterocycles. The van der Waals surface area contributed by atoms with Gasteiger partial charge in [-0.05, 0) is 25.0 Å². The Kier molecular flexibility index (Phi) is 4.13. The molecule has 0 bridgehead atoms. The lowest BCUT2D eigenvalue weighted by Crippen LogP contribution is -2.23. The molecule has 2 N–H and O–H groups in total. The molecule has 1 aliphatic carbocycles. The molecule has 0 saturated heterocycles. The summed E-state index contributed by atoms with van der Waals surface area (Å²) in [5, 5.41) is 17.5. The Morgan fingerprint density at radius 3 is 3.00 bits per heavy atom. The van der Waals surface area contributed by atoms with Crippen LogP contribution in [-0.2, 0) is 0 Å². The maximum absolute atomic E-state index is 13.4. The Morgan fingerprint density at radius 1 is 1.35 bits per heavy atom. The quantitative estimate of drug-likeness (QED) is 0.705. The Balaban J connectivity index is 1.84. The summed E-state index contributed by atoms with van der Waals surface area (Å²) in [6, 6.07) is 6.91. The molecule has 3 aromatic rings. The van der Waals surface area contributed by atoms with Crippen molar-refractivity contribution in [3.05, 3.63) is 46.9 Å². The number of hydrogen-bond acceptors (Lipinski definition) is 5. The fourth-order valence-corrected chi connectivity index (χ4v) is 3.61. The molecule has 1 aliphatic rings. The molecule has 26 heavy (non-hydrogen) atoms. The third-order valence-electron chi connectivity index (χ3n) is 4.83. The summed E-state index contributed by atoms with van der Waals surface area (Å²) in [6.07, 6.45) is 6.62. The van der Waals surface area contributed by atoms with E-state index in [1.54, 1.807) is 23.0 Å². The van der Waals surface area contributed by atoms with Crippen molar-refractivity contribution in [2.75, 3.05) is 5.32 Å². The Morgan fingerprint density at radius 2 is 2.19 bits per heavy atom. The van der Waals surface area contributed by atoms with Crippen LogP contribution in [0.3, 0.4) is 0 Å². The molecular formula is C18H17FN6O. The van der Waals surface area contributed by atoms with Crippen molar-refractivity contribution < 1.29 is 4.39 Å². The number of aromatic amines is 1. The topological polar surface area (TPSA) is 99.4 Å². The number of nitrogens with one attached hydrogen (secondary N) is 2. The summed E-state index contributed by atoms with van der Waals surface area (Å²) in [6.45, 7) is 0. The number of fused-ring (bicyclic) bond motifs is 1. The smallest absolute Gasteiger partial charge is 0.261 e. The summed E-state index contributed by atoms with van der Waals surface area (Å²) in [7, 11) is 0. The van der Waals surface area contributed by atoms with Crippen LogP contribution in [0.15, 0.2) is 35.4 Å². The van der Waals surface area contributed by atoms with Crippen LogP contribution < -0.4 is 10.9 Å². The highest BCUT2D eigenvalue weighted by atomic mass is 19.1. The van der Waals surface area contributed by atoms with Gasteiger partial charge in [0.05, 0.1) is 23.5 Å². The predicted octanol–water partition coefficient (Wildman–Crippen LogP) is 3.26. The van der Waals surface area contributed by atoms with Gasteiger partial charge in [-0.1, -0.05) is 12.8 Å². The lowest BCUT2D eigenvalue weighted by molar-refractivity contribution is 0.277. The van der Waals surface area contributed by atoms with Crippen LogP contribution in [0.1, 0.15) is 31.7 Å². The van der Waals surface area contributed by atoms with E-state index < -0.39 is 5.95 Å². The minimum absolute atomic E-state index is 0.0808. The van der Waals surface area contributed by atoms with E-state index >= 15 is 0 Å². The molecule has 3 heterocycles. The van der Waals surface area contributed by atoms with Crippen LogP contribution in [0, 0.1) is 23.2 Å². The molecular weight excluding hydrogens is 335 g/mol. The maximum Gasteiger partial charge on any atom is 0.261 e. The van der Waals surface area contributed by atoms with E-state index in [9.17, 15) is 14.4 Å². The largest absolute Gasteiger partial charge is 0.338 e. The zero-order valence-electron chi connectivity index (χ0n) is 13.9. The third-order valence-corrected chi connectivity index (χ3v) is 4.83. The van der Waals surface area contributed by atoms with E-state index in [4.69, 9.17) is 0 Å². The average Bonchev–Trinajstić information content (AvgIpc) is 3.01. The number of nitrogens with zero attached hydrogens (tertiary/aromatic N) is 4. The van der Waals surface area contributed by atoms with Gasteiger partial charge < -0.3 is 10.3 Å². The van der Waals surface area contributed by atoms with Gasteiger partial charge in [0.15, 0.2) is 5.82 Å². The molecule has 132 valence electrons. The van der Waals surface area contributed by atoms with Gasteiger partial charge >= 0.3 is 0 Å². The van der Waals surface area contributed by atoms with Crippen LogP contribution in [0.5, 0.6) is 0 Å². The van der Waals surface area contributed by atoms with E-state index in [-0.39, 0.29) is 17.5 Å². The molecule has 7 nitrogen and oxygen atoms in total. The zero-order chi connectivity index (χ0) is 18.1. The summed E-state index contributed by atoms with van der Waals surface area (Å²) < 4.78 is 15.2. The van der Waals surface area contributed by atoms with Gasteiger partial charge in [-0.25, -0.2) is 4.98 Å². The van der Waals surface area contributed by atoms with Crippen LogP contribution >= 0.6 is 0 Å². The molecule has 8 heteroatoms. The van der Waals surface area contributed by atoms with Crippen LogP contribution in [0.4, 0.5) is 15.9 Å². The fraction of sp³-hybridized carbons (Fsp3) is 0.333. The van der Waals surface area contributed by atoms with E-state index in [1.807, 2.05) is 0 Å². The van der Waals surface area contributed by atoms with Crippen molar-refractivity contribution in [2.24, 2.45) is 5.92 Å². The number of pyridine rings is 2. The highest BCUT2D eigenvalue weighted by molar-refractivity contribution is 5.91. The fourth-order valence-electron chi connectivity index (χ4n) is 3.61. The van der Waals surface area contributed by atoms with Crippen molar-refractivity contribution in [1.82, 2.24) is 19.7 Å². The first-order valence-corrected chi connectivity index (χ1v) is 8.55. The first kappa shape index (κ1) is 16.3. The van der Waals surface area contributed by atoms with E-state index in [0.717, 1.165) is 25.7 Å². The summed E-state index contributed by atoms with van der Waals surface area (Å²) in [4.78, 5) is 18.6. The molecule has 1 saturated carbocycles. The Bertz CT molecular complexity index is 1050. The minimum atomic E-state index is -0.621. The number of halogens is 1. The molecule has 2 unspecified atom stereocenters. The van der Waals surface area contributed by atoms with Crippen molar-refractivity contribution in [1.29, 1.82) is 5.26 Å². The number of anilines is 2. The monoisotopic (exact) mass is 352 g/mol. The lowest BCUT2D eigenvalue weighted by atomic mass is 9.85. The molecule has 0 aromatic carbocycles. The van der Waals surface area contributed by atoms with Gasteiger partial charge in [0.1, 0.15) is 5.39 Å². The molecule has 4 rings (SSSR count). The molecule has 0 amide bonds. The van der Waals surface area contributed by atoms with Crippen LogP contribution in [-0.4, -0.2) is 19.7 Å². The van der Waals surface area contributed by atoms with Gasteiger partial charge in [0.25, 0.3) is 5.56 Å². The normalized spacial score (nSPS) is 20.0. The van der Waals surface area contributed by atoms with E-state index in [1.165, 1.54) is 12.3 Å². The second-order valence-corrected chi connectivity index (χ2v) is 6.44. The van der Waals surface area contributed by atoms with Crippen molar-refractivity contribution >= 4 is 22.4 Å². The second kappa shape index (κ2) is 6.59. The molecule has 3 aromatic heterocycles. The maximum atomic E-state index is 13.4. The number of nitriles is 1. The van der Waals surface area contributed by atoms with Crippen molar-refractivity contribution in [3.8, 4) is 6.07 Å². The van der Waals surface area contributed by atoms with Gasteiger partial charge in [-0.3, -0.25) is 9.48 Å². The minimum Gasteiger partial charge on any atom is -0.338 e. The first-order valence-electron chi connectivity index (χ1n) is 8.55. The van der Waals surface area contributed by atoms with Gasteiger partial charge in [-0.15, -0.1) is 0 Å². The summed E-state index contributed by atoms with van der Waals surface area (Å²) in [5.41, 5.74) is 0.834. The number of aromatic nitrogens is 4. The average molecular weight is 352 g/mol. The SMILES string of the molecule is N#CC1CCCCC1n1nc(Nc2ccnc(F)c2)c2c(=O)[nH]ccc21. The Hall–Kier alpha value is -3.21. The van der Waals surface area contributed by atoms with Crippen molar-refractivity contribution in [2.45, 2.75) is 31.7 Å². The summed E-state index contributed by atoms with van der Waals surface area (Å²) in [5.74, 6) is -0.420. The Labute approximate surface area is 148 Å². The van der Waals surface area contributed by atoms with E-state index in [0.29, 0.717) is 22.4 Å². The number of hydrogen-bond donors (Lipinski definition) is 2. The van der Waals surface area contributed by atoms with Gasteiger partial charge in [-0.2, -0.15) is 14.8 Å². The second-order valence-electron chi connectivity index (χ2n) is 6.44. The molecule has 1 fully saturated rings. The zero-order valence-corrected chi connectivity index (χ0v) is 13.9. The highest BCUT2D eigenvalue weighted by Crippen LogP contribution is 2.36. The molecule has 2 atom stereocenters. The van der Waals surface area contributed by atoms with Crippen molar-refractivity contribution in [3.63, 3.8) is 0 Å². The van der Waals surface area contributed by atoms with Crippen LogP contribution in [0.2, 0.25) is 0 Å². The number of H-pyrrole nitrogens is 1. The lowest BCUT2D eigenvalue weighted by Gasteiger charge is -2.27. The molecule has 0 spiro atoms. The third kappa shape index (κ3) is 2.81. The standard InChI is InChI=1S/C18H17FN6O/c19-15-9-12(5-7-21-15)23-17-16-14(6-8-22-18(16)26)25(24-17)13-4-2-1-3-11(13)10-20/h5-9,11,13H,1-4H2,(H,22,26)(H,21,23,24). The van der Waals surface area contributed by atoms with Crippen LogP contribution in [0.25, 0.3) is 10.9 Å². The van der Waals surface area contributed by atoms with Gasteiger partial charge in [0.2, 0.25) is 5.95 Å². The van der Waals surface area contributed by atoms with Gasteiger partial charge in [0, 0.05) is 24.1 Å². The number of rotatable bonds is 3.